The molecule has 2 saturated heterocycles. The highest BCUT2D eigenvalue weighted by Crippen LogP contribution is 2.19. The Morgan fingerprint density at radius 1 is 1.12 bits per heavy atom. The Morgan fingerprint density at radius 3 is 2.56 bits per heavy atom. The second-order valence-corrected chi connectivity index (χ2v) is 8.36. The highest BCUT2D eigenvalue weighted by molar-refractivity contribution is 5.80. The maximum atomic E-state index is 6.16. The fourth-order valence-corrected chi connectivity index (χ4v) is 4.03. The van der Waals surface area contributed by atoms with Crippen molar-refractivity contribution in [2.24, 2.45) is 12.0 Å². The first-order valence-corrected chi connectivity index (χ1v) is 11.6. The molecule has 2 aliphatic rings. The summed E-state index contributed by atoms with van der Waals surface area (Å²) < 4.78 is 13.6. The van der Waals surface area contributed by atoms with Gasteiger partial charge in [-0.15, -0.1) is 10.2 Å². The third-order valence-corrected chi connectivity index (χ3v) is 6.16. The first-order chi connectivity index (χ1) is 15.7. The van der Waals surface area contributed by atoms with E-state index < -0.39 is 0 Å². The van der Waals surface area contributed by atoms with E-state index in [-0.39, 0.29) is 6.10 Å². The third kappa shape index (κ3) is 6.20. The Hall–Kier alpha value is -2.65. The lowest BCUT2D eigenvalue weighted by Gasteiger charge is -2.35. The smallest absolute Gasteiger partial charge is 0.194 e. The summed E-state index contributed by atoms with van der Waals surface area (Å²) in [6, 6.07) is 10.1. The van der Waals surface area contributed by atoms with Gasteiger partial charge in [0.25, 0.3) is 0 Å². The Kier molecular flexibility index (Phi) is 7.95. The fourth-order valence-electron chi connectivity index (χ4n) is 4.03. The number of hydrogen-bond acceptors (Lipinski definition) is 6. The van der Waals surface area contributed by atoms with E-state index in [1.807, 2.05) is 48.9 Å². The molecule has 0 atom stereocenters. The monoisotopic (exact) mass is 441 g/mol. The Balaban J connectivity index is 1.34. The molecule has 9 nitrogen and oxygen atoms in total. The third-order valence-electron chi connectivity index (χ3n) is 6.16. The number of guanidine groups is 1. The molecule has 174 valence electrons. The van der Waals surface area contributed by atoms with Gasteiger partial charge in [-0.3, -0.25) is 4.90 Å². The summed E-state index contributed by atoms with van der Waals surface area (Å²) in [5.74, 6) is 3.66. The molecule has 0 unspecified atom stereocenters. The largest absolute Gasteiger partial charge is 0.490 e. The van der Waals surface area contributed by atoms with Crippen LogP contribution < -0.4 is 10.1 Å². The summed E-state index contributed by atoms with van der Waals surface area (Å²) in [4.78, 5) is 9.68. The number of aliphatic imine (C=N–C) groups is 1. The summed E-state index contributed by atoms with van der Waals surface area (Å²) >= 11 is 0. The molecule has 32 heavy (non-hydrogen) atoms. The minimum atomic E-state index is 0.240. The summed E-state index contributed by atoms with van der Waals surface area (Å²) in [7, 11) is 1.98. The molecule has 0 aliphatic carbocycles. The van der Waals surface area contributed by atoms with Gasteiger partial charge in [0.15, 0.2) is 11.8 Å². The van der Waals surface area contributed by atoms with Crippen LogP contribution in [0.2, 0.25) is 0 Å². The number of hydrogen-bond donors (Lipinski definition) is 1. The lowest BCUT2D eigenvalue weighted by Crippen LogP contribution is -2.49. The van der Waals surface area contributed by atoms with E-state index in [1.165, 1.54) is 0 Å². The first-order valence-electron chi connectivity index (χ1n) is 11.6. The number of rotatable bonds is 7. The molecule has 2 aromatic rings. The lowest BCUT2D eigenvalue weighted by molar-refractivity contribution is 0.0388. The van der Waals surface area contributed by atoms with Crippen molar-refractivity contribution in [2.75, 3.05) is 52.5 Å². The zero-order chi connectivity index (χ0) is 22.2. The average molecular weight is 442 g/mol. The zero-order valence-corrected chi connectivity index (χ0v) is 19.2. The van der Waals surface area contributed by atoms with E-state index in [0.717, 1.165) is 88.7 Å². The lowest BCUT2D eigenvalue weighted by atomic mass is 10.1. The van der Waals surface area contributed by atoms with Crippen LogP contribution in [-0.4, -0.2) is 89.1 Å². The number of aromatic nitrogens is 3. The van der Waals surface area contributed by atoms with E-state index in [4.69, 9.17) is 14.5 Å². The quantitative estimate of drug-likeness (QED) is 0.515. The number of nitrogens with one attached hydrogen (secondary N) is 1. The SMILES string of the molecule is Cc1nnc(CN=C(NCCN2CCOCC2)N2CCC(Oc3ccccc3)CC2)n1C. The van der Waals surface area contributed by atoms with Crippen LogP contribution in [0.3, 0.4) is 0 Å². The van der Waals surface area contributed by atoms with Gasteiger partial charge in [-0.05, 0) is 19.1 Å². The van der Waals surface area contributed by atoms with E-state index in [9.17, 15) is 0 Å². The predicted octanol–water partition coefficient (Wildman–Crippen LogP) is 1.44. The van der Waals surface area contributed by atoms with Crippen molar-refractivity contribution in [1.29, 1.82) is 0 Å². The van der Waals surface area contributed by atoms with Gasteiger partial charge in [0, 0.05) is 59.2 Å². The topological polar surface area (TPSA) is 80.0 Å². The highest BCUT2D eigenvalue weighted by Gasteiger charge is 2.23. The van der Waals surface area contributed by atoms with Crippen LogP contribution in [0.15, 0.2) is 35.3 Å². The molecule has 0 saturated carbocycles. The average Bonchev–Trinajstić information content (AvgIpc) is 3.15. The predicted molar refractivity (Wildman–Crippen MR) is 124 cm³/mol. The van der Waals surface area contributed by atoms with E-state index in [0.29, 0.717) is 6.54 Å². The molecular weight excluding hydrogens is 406 g/mol. The molecule has 1 aromatic carbocycles. The molecule has 0 spiro atoms. The van der Waals surface area contributed by atoms with Crippen LogP contribution in [0.1, 0.15) is 24.5 Å². The molecule has 2 fully saturated rings. The summed E-state index contributed by atoms with van der Waals surface area (Å²) in [5, 5.41) is 12.0. The van der Waals surface area contributed by atoms with Gasteiger partial charge in [-0.1, -0.05) is 18.2 Å². The Labute approximate surface area is 190 Å². The van der Waals surface area contributed by atoms with Gasteiger partial charge in [0.1, 0.15) is 24.2 Å². The number of para-hydroxylation sites is 1. The number of morpholine rings is 1. The maximum absolute atomic E-state index is 6.16. The normalized spacial score (nSPS) is 18.7. The molecular formula is C23H35N7O2. The van der Waals surface area contributed by atoms with E-state index in [1.54, 1.807) is 0 Å². The van der Waals surface area contributed by atoms with Crippen LogP contribution in [-0.2, 0) is 18.3 Å². The van der Waals surface area contributed by atoms with Gasteiger partial charge in [0.2, 0.25) is 0 Å². The van der Waals surface area contributed by atoms with Crippen LogP contribution in [0, 0.1) is 6.92 Å². The zero-order valence-electron chi connectivity index (χ0n) is 19.2. The molecule has 0 amide bonds. The van der Waals surface area contributed by atoms with Crippen molar-refractivity contribution in [3.63, 3.8) is 0 Å². The summed E-state index contributed by atoms with van der Waals surface area (Å²) in [6.07, 6.45) is 2.19. The molecule has 0 bridgehead atoms. The minimum Gasteiger partial charge on any atom is -0.490 e. The van der Waals surface area contributed by atoms with Crippen LogP contribution in [0.4, 0.5) is 0 Å². The van der Waals surface area contributed by atoms with Crippen molar-refractivity contribution in [1.82, 2.24) is 29.9 Å². The van der Waals surface area contributed by atoms with Gasteiger partial charge in [0.05, 0.1) is 13.2 Å². The Bertz CT molecular complexity index is 856. The molecule has 9 heteroatoms. The maximum Gasteiger partial charge on any atom is 0.194 e. The standard InChI is InChI=1S/C23H35N7O2/c1-19-26-27-22(28(19)2)18-25-23(24-10-13-29-14-16-31-17-15-29)30-11-8-21(9-12-30)32-20-6-4-3-5-7-20/h3-7,21H,8-18H2,1-2H3,(H,24,25). The number of aryl methyl sites for hydroxylation is 1. The van der Waals surface area contributed by atoms with Gasteiger partial charge in [-0.25, -0.2) is 4.99 Å². The van der Waals surface area contributed by atoms with Crippen molar-refractivity contribution in [3.05, 3.63) is 42.0 Å². The number of nitrogens with zero attached hydrogens (tertiary/aromatic N) is 6. The minimum absolute atomic E-state index is 0.240. The van der Waals surface area contributed by atoms with Crippen molar-refractivity contribution < 1.29 is 9.47 Å². The number of likely N-dealkylation sites (tertiary alicyclic amines) is 1. The van der Waals surface area contributed by atoms with Crippen molar-refractivity contribution in [2.45, 2.75) is 32.4 Å². The first kappa shape index (κ1) is 22.5. The summed E-state index contributed by atoms with van der Waals surface area (Å²) in [6.45, 7) is 9.77. The number of piperidine rings is 1. The van der Waals surface area contributed by atoms with Gasteiger partial charge < -0.3 is 24.3 Å². The second kappa shape index (κ2) is 11.3. The highest BCUT2D eigenvalue weighted by atomic mass is 16.5. The van der Waals surface area contributed by atoms with Crippen molar-refractivity contribution in [3.8, 4) is 5.75 Å². The van der Waals surface area contributed by atoms with Crippen LogP contribution in [0.5, 0.6) is 5.75 Å². The van der Waals surface area contributed by atoms with E-state index in [2.05, 4.69) is 25.3 Å². The van der Waals surface area contributed by atoms with Gasteiger partial charge in [-0.2, -0.15) is 0 Å². The van der Waals surface area contributed by atoms with Crippen molar-refractivity contribution >= 4 is 5.96 Å². The van der Waals surface area contributed by atoms with Crippen LogP contribution in [0.25, 0.3) is 0 Å². The number of benzene rings is 1. The molecule has 3 heterocycles. The molecule has 1 N–H and O–H groups in total. The number of ether oxygens (including phenoxy) is 2. The fraction of sp³-hybridized carbons (Fsp3) is 0.609. The second-order valence-electron chi connectivity index (χ2n) is 8.36. The van der Waals surface area contributed by atoms with Gasteiger partial charge >= 0.3 is 0 Å². The Morgan fingerprint density at radius 2 is 1.88 bits per heavy atom. The molecule has 1 aromatic heterocycles. The molecule has 0 radical (unpaired) electrons. The molecule has 2 aliphatic heterocycles. The molecule has 4 rings (SSSR count). The summed E-state index contributed by atoms with van der Waals surface area (Å²) in [5.41, 5.74) is 0. The van der Waals surface area contributed by atoms with Crippen LogP contribution >= 0.6 is 0 Å². The van der Waals surface area contributed by atoms with E-state index >= 15 is 0 Å².